The van der Waals surface area contributed by atoms with Gasteiger partial charge in [0.15, 0.2) is 0 Å². The zero-order valence-corrected chi connectivity index (χ0v) is 10.7. The van der Waals surface area contributed by atoms with E-state index in [1.807, 2.05) is 42.2 Å². The molecule has 1 N–H and O–H groups in total. The number of aromatic amines is 1. The summed E-state index contributed by atoms with van der Waals surface area (Å²) in [6.07, 6.45) is 6.74. The van der Waals surface area contributed by atoms with Gasteiger partial charge in [0.1, 0.15) is 11.6 Å². The molecule has 1 heterocycles. The molecule has 0 fully saturated rings. The topological polar surface area (TPSA) is 37.9 Å². The summed E-state index contributed by atoms with van der Waals surface area (Å²) in [6, 6.07) is 7.97. The lowest BCUT2D eigenvalue weighted by Gasteiger charge is -2.09. The lowest BCUT2D eigenvalue weighted by atomic mass is 10.2. The summed E-state index contributed by atoms with van der Waals surface area (Å²) in [6.45, 7) is 0.749. The van der Waals surface area contributed by atoms with Crippen molar-refractivity contribution in [3.8, 4) is 17.1 Å². The van der Waals surface area contributed by atoms with Crippen LogP contribution in [-0.4, -0.2) is 28.6 Å². The van der Waals surface area contributed by atoms with Gasteiger partial charge in [0.25, 0.3) is 0 Å². The zero-order chi connectivity index (χ0) is 11.9. The van der Waals surface area contributed by atoms with Crippen molar-refractivity contribution in [3.05, 3.63) is 36.7 Å². The molecule has 0 saturated carbocycles. The molecule has 0 atom stereocenters. The Morgan fingerprint density at radius 2 is 2.24 bits per heavy atom. The van der Waals surface area contributed by atoms with Gasteiger partial charge in [0, 0.05) is 12.4 Å². The van der Waals surface area contributed by atoms with Crippen molar-refractivity contribution in [2.24, 2.45) is 0 Å². The van der Waals surface area contributed by atoms with Gasteiger partial charge in [-0.1, -0.05) is 12.1 Å². The molecule has 0 aliphatic carbocycles. The highest BCUT2D eigenvalue weighted by atomic mass is 32.2. The Morgan fingerprint density at radius 1 is 1.35 bits per heavy atom. The van der Waals surface area contributed by atoms with E-state index in [-0.39, 0.29) is 0 Å². The Kier molecular flexibility index (Phi) is 4.50. The van der Waals surface area contributed by atoms with Crippen LogP contribution in [0.5, 0.6) is 5.75 Å². The lowest BCUT2D eigenvalue weighted by molar-refractivity contribution is 0.320. The number of nitrogens with one attached hydrogen (secondary N) is 1. The number of thioether (sulfide) groups is 1. The van der Waals surface area contributed by atoms with Gasteiger partial charge in [-0.05, 0) is 30.6 Å². The highest BCUT2D eigenvalue weighted by Crippen LogP contribution is 2.26. The van der Waals surface area contributed by atoms with Crippen LogP contribution >= 0.6 is 11.8 Å². The molecule has 2 aromatic rings. The van der Waals surface area contributed by atoms with Gasteiger partial charge in [-0.2, -0.15) is 11.8 Å². The summed E-state index contributed by atoms with van der Waals surface area (Å²) in [4.78, 5) is 7.35. The number of para-hydroxylation sites is 1. The summed E-state index contributed by atoms with van der Waals surface area (Å²) in [5, 5.41) is 0. The Balaban J connectivity index is 2.06. The van der Waals surface area contributed by atoms with Crippen LogP contribution in [0.25, 0.3) is 11.4 Å². The normalized spacial score (nSPS) is 10.4. The number of H-pyrrole nitrogens is 1. The molecule has 0 radical (unpaired) electrons. The first-order chi connectivity index (χ1) is 8.42. The Bertz CT molecular complexity index is 442. The number of nitrogens with zero attached hydrogens (tertiary/aromatic N) is 1. The Hall–Kier alpha value is -1.42. The van der Waals surface area contributed by atoms with Gasteiger partial charge in [0.2, 0.25) is 0 Å². The number of benzene rings is 1. The molecule has 0 unspecified atom stereocenters. The molecular weight excluding hydrogens is 232 g/mol. The highest BCUT2D eigenvalue weighted by molar-refractivity contribution is 7.98. The average molecular weight is 248 g/mol. The second-order valence-electron chi connectivity index (χ2n) is 3.63. The van der Waals surface area contributed by atoms with Gasteiger partial charge in [0.05, 0.1) is 12.2 Å². The van der Waals surface area contributed by atoms with Crippen LogP contribution in [-0.2, 0) is 0 Å². The minimum absolute atomic E-state index is 0.749. The Morgan fingerprint density at radius 3 is 3.00 bits per heavy atom. The van der Waals surface area contributed by atoms with E-state index in [0.717, 1.165) is 35.9 Å². The number of ether oxygens (including phenoxy) is 1. The predicted octanol–water partition coefficient (Wildman–Crippen LogP) is 3.21. The molecule has 0 aliphatic heterocycles. The summed E-state index contributed by atoms with van der Waals surface area (Å²) >= 11 is 1.84. The summed E-state index contributed by atoms with van der Waals surface area (Å²) in [5.74, 6) is 2.87. The van der Waals surface area contributed by atoms with Crippen molar-refractivity contribution in [1.29, 1.82) is 0 Å². The van der Waals surface area contributed by atoms with E-state index in [1.54, 1.807) is 6.20 Å². The molecular formula is C13H16N2OS. The third kappa shape index (κ3) is 3.27. The molecule has 17 heavy (non-hydrogen) atoms. The third-order valence-electron chi connectivity index (χ3n) is 2.39. The van der Waals surface area contributed by atoms with Crippen LogP contribution in [0.2, 0.25) is 0 Å². The smallest absolute Gasteiger partial charge is 0.141 e. The van der Waals surface area contributed by atoms with E-state index in [2.05, 4.69) is 16.2 Å². The fraction of sp³-hybridized carbons (Fsp3) is 0.308. The van der Waals surface area contributed by atoms with Crippen LogP contribution in [0, 0.1) is 0 Å². The molecule has 90 valence electrons. The summed E-state index contributed by atoms with van der Waals surface area (Å²) in [5.41, 5.74) is 1.02. The maximum atomic E-state index is 5.79. The Labute approximate surface area is 106 Å². The molecule has 4 heteroatoms. The van der Waals surface area contributed by atoms with Crippen LogP contribution in [0.15, 0.2) is 36.7 Å². The number of imidazole rings is 1. The largest absolute Gasteiger partial charge is 0.493 e. The standard InChI is InChI=1S/C13H16N2OS/c1-17-10-4-9-16-12-6-3-2-5-11(12)13-14-7-8-15-13/h2-3,5-8H,4,9-10H2,1H3,(H,14,15). The predicted molar refractivity (Wildman–Crippen MR) is 72.5 cm³/mol. The maximum absolute atomic E-state index is 5.79. The molecule has 0 saturated heterocycles. The van der Waals surface area contributed by atoms with E-state index in [9.17, 15) is 0 Å². The molecule has 2 rings (SSSR count). The lowest BCUT2D eigenvalue weighted by Crippen LogP contribution is -2.00. The molecule has 0 amide bonds. The SMILES string of the molecule is CSCCCOc1ccccc1-c1ncc[nH]1. The number of hydrogen-bond acceptors (Lipinski definition) is 3. The quantitative estimate of drug-likeness (QED) is 0.798. The monoisotopic (exact) mass is 248 g/mol. The van der Waals surface area contributed by atoms with E-state index in [1.165, 1.54) is 0 Å². The first-order valence-corrected chi connectivity index (χ1v) is 7.01. The average Bonchev–Trinajstić information content (AvgIpc) is 2.89. The first-order valence-electron chi connectivity index (χ1n) is 5.62. The molecule has 0 aliphatic rings. The van der Waals surface area contributed by atoms with Crippen molar-refractivity contribution >= 4 is 11.8 Å². The van der Waals surface area contributed by atoms with E-state index in [4.69, 9.17) is 4.74 Å². The van der Waals surface area contributed by atoms with E-state index in [0.29, 0.717) is 0 Å². The molecule has 1 aromatic heterocycles. The second-order valence-corrected chi connectivity index (χ2v) is 4.61. The maximum Gasteiger partial charge on any atom is 0.141 e. The van der Waals surface area contributed by atoms with Gasteiger partial charge in [-0.3, -0.25) is 0 Å². The molecule has 3 nitrogen and oxygen atoms in total. The highest BCUT2D eigenvalue weighted by Gasteiger charge is 2.06. The molecule has 0 spiro atoms. The van der Waals surface area contributed by atoms with Crippen LogP contribution in [0.1, 0.15) is 6.42 Å². The van der Waals surface area contributed by atoms with Crippen molar-refractivity contribution in [1.82, 2.24) is 9.97 Å². The van der Waals surface area contributed by atoms with Crippen molar-refractivity contribution < 1.29 is 4.74 Å². The van der Waals surface area contributed by atoms with E-state index >= 15 is 0 Å². The van der Waals surface area contributed by atoms with Gasteiger partial charge < -0.3 is 9.72 Å². The van der Waals surface area contributed by atoms with E-state index < -0.39 is 0 Å². The first kappa shape index (κ1) is 12.0. The van der Waals surface area contributed by atoms with Crippen LogP contribution in [0.3, 0.4) is 0 Å². The van der Waals surface area contributed by atoms with Crippen molar-refractivity contribution in [3.63, 3.8) is 0 Å². The summed E-state index contributed by atoms with van der Waals surface area (Å²) in [7, 11) is 0. The number of aromatic nitrogens is 2. The van der Waals surface area contributed by atoms with Gasteiger partial charge in [-0.15, -0.1) is 0 Å². The fourth-order valence-electron chi connectivity index (χ4n) is 1.59. The van der Waals surface area contributed by atoms with Gasteiger partial charge >= 0.3 is 0 Å². The minimum Gasteiger partial charge on any atom is -0.493 e. The zero-order valence-electron chi connectivity index (χ0n) is 9.85. The van der Waals surface area contributed by atoms with Crippen molar-refractivity contribution in [2.45, 2.75) is 6.42 Å². The fourth-order valence-corrected chi connectivity index (χ4v) is 1.99. The minimum atomic E-state index is 0.749. The second kappa shape index (κ2) is 6.35. The number of rotatable bonds is 6. The molecule has 0 bridgehead atoms. The molecule has 1 aromatic carbocycles. The van der Waals surface area contributed by atoms with Crippen LogP contribution < -0.4 is 4.74 Å². The van der Waals surface area contributed by atoms with Crippen molar-refractivity contribution in [2.75, 3.05) is 18.6 Å². The van der Waals surface area contributed by atoms with Gasteiger partial charge in [-0.25, -0.2) is 4.98 Å². The van der Waals surface area contributed by atoms with Crippen LogP contribution in [0.4, 0.5) is 0 Å². The number of hydrogen-bond donors (Lipinski definition) is 1. The third-order valence-corrected chi connectivity index (χ3v) is 3.09. The summed E-state index contributed by atoms with van der Waals surface area (Å²) < 4.78 is 5.79.